The first-order valence-corrected chi connectivity index (χ1v) is 21.0. The highest BCUT2D eigenvalue weighted by Crippen LogP contribution is 2.29. The van der Waals surface area contributed by atoms with Gasteiger partial charge in [0.1, 0.15) is 35.5 Å². The van der Waals surface area contributed by atoms with E-state index in [1.807, 2.05) is 13.8 Å². The fourth-order valence-corrected chi connectivity index (χ4v) is 7.80. The summed E-state index contributed by atoms with van der Waals surface area (Å²) < 4.78 is 5.74. The SMILES string of the molecule is CC(C)C[C@@H]1NC(=O)[C@H](NC(=O)c2ncccc2O)OC(=O)[C@@H](c2ccccc2)N(C)C(=O)[C@@H](C)NC(=O)[C@@H]([C@@H](C)C(C)C)N(C)C(=O)C(C)(C)N(C)C(=O)[C@@H]2C[C@@H](O)CN2C1=O. The van der Waals surface area contributed by atoms with Crippen LogP contribution in [0.3, 0.4) is 0 Å². The van der Waals surface area contributed by atoms with E-state index in [0.29, 0.717) is 0 Å². The van der Waals surface area contributed by atoms with Gasteiger partial charge in [0.05, 0.1) is 6.10 Å². The molecule has 8 atom stereocenters. The fourth-order valence-electron chi connectivity index (χ4n) is 7.80. The van der Waals surface area contributed by atoms with Crippen molar-refractivity contribution in [1.29, 1.82) is 0 Å². The highest BCUT2D eigenvalue weighted by Gasteiger charge is 2.49. The largest absolute Gasteiger partial charge is 0.505 e. The van der Waals surface area contributed by atoms with Crippen molar-refractivity contribution < 1.29 is 53.3 Å². The van der Waals surface area contributed by atoms with Crippen LogP contribution in [-0.2, 0) is 38.3 Å². The maximum atomic E-state index is 14.6. The second-order valence-corrected chi connectivity index (χ2v) is 17.7. The summed E-state index contributed by atoms with van der Waals surface area (Å²) in [6.07, 6.45) is -2.37. The van der Waals surface area contributed by atoms with Crippen LogP contribution in [0.4, 0.5) is 0 Å². The average Bonchev–Trinajstić information content (AvgIpc) is 3.62. The van der Waals surface area contributed by atoms with Crippen molar-refractivity contribution in [2.75, 3.05) is 27.7 Å². The number of aliphatic hydroxyl groups excluding tert-OH is 1. The van der Waals surface area contributed by atoms with Gasteiger partial charge in [-0.2, -0.15) is 0 Å². The molecule has 5 N–H and O–H groups in total. The predicted octanol–water partition coefficient (Wildman–Crippen LogP) is 0.953. The number of esters is 1. The van der Waals surface area contributed by atoms with Crippen molar-refractivity contribution >= 4 is 47.3 Å². The van der Waals surface area contributed by atoms with Crippen molar-refractivity contribution in [3.63, 3.8) is 0 Å². The number of hydrogen-bond donors (Lipinski definition) is 5. The lowest BCUT2D eigenvalue weighted by Gasteiger charge is -2.43. The first kappa shape index (κ1) is 49.5. The molecular formula is C44H62N8O11. The summed E-state index contributed by atoms with van der Waals surface area (Å²) in [7, 11) is 4.10. The Hall–Kier alpha value is -6.11. The minimum Gasteiger partial charge on any atom is -0.505 e. The Kier molecular flexibility index (Phi) is 16.0. The van der Waals surface area contributed by atoms with E-state index in [9.17, 15) is 48.6 Å². The number of nitrogens with zero attached hydrogens (tertiary/aromatic N) is 5. The van der Waals surface area contributed by atoms with Crippen molar-refractivity contribution in [2.45, 2.75) is 116 Å². The van der Waals surface area contributed by atoms with Crippen LogP contribution in [0.2, 0.25) is 0 Å². The van der Waals surface area contributed by atoms with Gasteiger partial charge in [-0.1, -0.05) is 65.0 Å². The molecule has 1 aromatic carbocycles. The van der Waals surface area contributed by atoms with Crippen molar-refractivity contribution in [3.05, 3.63) is 59.9 Å². The van der Waals surface area contributed by atoms with E-state index in [0.717, 1.165) is 14.7 Å². The number of hydrogen-bond acceptors (Lipinski definition) is 12. The number of carbonyl (C=O) groups is 8. The van der Waals surface area contributed by atoms with Gasteiger partial charge in [0.15, 0.2) is 11.7 Å². The number of aromatic hydroxyl groups is 1. The molecule has 0 bridgehead atoms. The number of ether oxygens (including phenoxy) is 1. The van der Waals surface area contributed by atoms with Gasteiger partial charge < -0.3 is 50.5 Å². The second-order valence-electron chi connectivity index (χ2n) is 17.7. The van der Waals surface area contributed by atoms with Gasteiger partial charge in [0, 0.05) is 40.3 Å². The molecule has 0 spiro atoms. The van der Waals surface area contributed by atoms with E-state index in [4.69, 9.17) is 4.74 Å². The summed E-state index contributed by atoms with van der Waals surface area (Å²) in [5.74, 6) is -8.58. The minimum absolute atomic E-state index is 0.0173. The number of amides is 7. The van der Waals surface area contributed by atoms with E-state index in [-0.39, 0.29) is 36.8 Å². The summed E-state index contributed by atoms with van der Waals surface area (Å²) in [4.78, 5) is 123. The Morgan fingerprint density at radius 2 is 1.52 bits per heavy atom. The number of aromatic nitrogens is 1. The van der Waals surface area contributed by atoms with Gasteiger partial charge in [0.25, 0.3) is 18.0 Å². The van der Waals surface area contributed by atoms with Gasteiger partial charge in [-0.05, 0) is 62.6 Å². The lowest BCUT2D eigenvalue weighted by atomic mass is 9.87. The number of pyridine rings is 1. The van der Waals surface area contributed by atoms with E-state index in [1.165, 1.54) is 77.3 Å². The fraction of sp³-hybridized carbons (Fsp3) is 0.568. The first-order valence-electron chi connectivity index (χ1n) is 21.0. The number of nitrogens with one attached hydrogen (secondary N) is 3. The Balaban J connectivity index is 1.91. The van der Waals surface area contributed by atoms with Gasteiger partial charge in [-0.25, -0.2) is 9.78 Å². The third kappa shape index (κ3) is 11.1. The standard InChI is InChI=1S/C44H62N8O11/c1-23(2)20-29-40(59)52-22-28(53)21-30(52)41(60)51(11)44(7,8)43(62)50(10)33(25(5)24(3)4)36(56)46-26(6)39(58)49(9)34(27-16-13-12-14-17-27)42(61)63-38(37(57)47-29)48-35(55)32-31(54)18-15-19-45-32/h12-19,23-26,28-30,33-34,38,53-54H,20-22H2,1-11H3,(H,46,56)(H,47,57)(H,48,55)/t25-,26+,28+,29-,30-,33+,34+,38+/m0/s1. The second kappa shape index (κ2) is 20.4. The van der Waals surface area contributed by atoms with Gasteiger partial charge in [-0.15, -0.1) is 0 Å². The summed E-state index contributed by atoms with van der Waals surface area (Å²) in [5.41, 5.74) is -1.92. The molecule has 2 fully saturated rings. The number of likely N-dealkylation sites (N-methyl/N-ethyl adjacent to an activating group) is 3. The van der Waals surface area contributed by atoms with Crippen LogP contribution in [0.15, 0.2) is 48.7 Å². The Bertz CT molecular complexity index is 2050. The highest BCUT2D eigenvalue weighted by atomic mass is 16.6. The zero-order valence-corrected chi connectivity index (χ0v) is 37.8. The zero-order chi connectivity index (χ0) is 47.2. The molecule has 344 valence electrons. The van der Waals surface area contributed by atoms with Crippen molar-refractivity contribution in [2.24, 2.45) is 17.8 Å². The van der Waals surface area contributed by atoms with Crippen LogP contribution >= 0.6 is 0 Å². The topological polar surface area (TPSA) is 248 Å². The lowest BCUT2D eigenvalue weighted by molar-refractivity contribution is -0.165. The molecule has 3 heterocycles. The molecule has 0 radical (unpaired) electrons. The van der Waals surface area contributed by atoms with Crippen LogP contribution in [0.25, 0.3) is 0 Å². The van der Waals surface area contributed by atoms with Gasteiger partial charge >= 0.3 is 5.97 Å². The molecule has 0 unspecified atom stereocenters. The molecular weight excluding hydrogens is 817 g/mol. The van der Waals surface area contributed by atoms with E-state index in [1.54, 1.807) is 39.0 Å². The highest BCUT2D eigenvalue weighted by molar-refractivity contribution is 6.01. The van der Waals surface area contributed by atoms with Gasteiger partial charge in [-0.3, -0.25) is 33.6 Å². The molecule has 2 saturated heterocycles. The number of benzene rings is 1. The van der Waals surface area contributed by atoms with Crippen LogP contribution in [-0.4, -0.2) is 152 Å². The quantitative estimate of drug-likeness (QED) is 0.244. The smallest absolute Gasteiger partial charge is 0.335 e. The molecule has 19 heteroatoms. The number of rotatable bonds is 7. The Labute approximate surface area is 367 Å². The minimum atomic E-state index is -2.21. The van der Waals surface area contributed by atoms with Crippen LogP contribution < -0.4 is 16.0 Å². The molecule has 4 rings (SSSR count). The van der Waals surface area contributed by atoms with Gasteiger partial charge in [0.2, 0.25) is 29.5 Å². The lowest BCUT2D eigenvalue weighted by Crippen LogP contribution is -2.64. The Morgan fingerprint density at radius 1 is 0.889 bits per heavy atom. The number of fused-ring (bicyclic) bond motifs is 1. The maximum absolute atomic E-state index is 14.6. The summed E-state index contributed by atoms with van der Waals surface area (Å²) in [6.45, 7) is 13.1. The number of aliphatic hydroxyl groups is 1. The van der Waals surface area contributed by atoms with E-state index < -0.39 is 113 Å². The van der Waals surface area contributed by atoms with E-state index in [2.05, 4.69) is 20.9 Å². The van der Waals surface area contributed by atoms with Crippen molar-refractivity contribution in [1.82, 2.24) is 40.5 Å². The zero-order valence-electron chi connectivity index (χ0n) is 37.8. The summed E-state index contributed by atoms with van der Waals surface area (Å²) in [5, 5.41) is 28.8. The molecule has 19 nitrogen and oxygen atoms in total. The third-order valence-corrected chi connectivity index (χ3v) is 12.0. The molecule has 0 aliphatic carbocycles. The third-order valence-electron chi connectivity index (χ3n) is 12.0. The predicted molar refractivity (Wildman–Crippen MR) is 228 cm³/mol. The average molecular weight is 879 g/mol. The normalized spacial score (nSPS) is 26.5. The molecule has 0 saturated carbocycles. The van der Waals surface area contributed by atoms with Crippen LogP contribution in [0.1, 0.15) is 90.3 Å². The summed E-state index contributed by atoms with van der Waals surface area (Å²) >= 11 is 0. The number of carbonyl (C=O) groups excluding carboxylic acids is 8. The molecule has 2 aromatic rings. The van der Waals surface area contributed by atoms with E-state index >= 15 is 0 Å². The molecule has 1 aromatic heterocycles. The van der Waals surface area contributed by atoms with Crippen LogP contribution in [0.5, 0.6) is 5.75 Å². The first-order chi connectivity index (χ1) is 29.4. The Morgan fingerprint density at radius 3 is 2.11 bits per heavy atom. The summed E-state index contributed by atoms with van der Waals surface area (Å²) in [6, 6.07) is 3.70. The maximum Gasteiger partial charge on any atom is 0.335 e. The molecule has 2 aliphatic heterocycles. The molecule has 7 amide bonds. The van der Waals surface area contributed by atoms with Crippen LogP contribution in [0, 0.1) is 17.8 Å². The molecule has 2 aliphatic rings. The van der Waals surface area contributed by atoms with Crippen molar-refractivity contribution in [3.8, 4) is 5.75 Å². The number of cyclic esters (lactones) is 1. The monoisotopic (exact) mass is 878 g/mol. The molecule has 63 heavy (non-hydrogen) atoms.